The van der Waals surface area contributed by atoms with E-state index in [1.54, 1.807) is 30.6 Å². The predicted molar refractivity (Wildman–Crippen MR) is 81.2 cm³/mol. The molecule has 1 heterocycles. The van der Waals surface area contributed by atoms with Gasteiger partial charge in [0.1, 0.15) is 0 Å². The molecule has 0 aliphatic heterocycles. The summed E-state index contributed by atoms with van der Waals surface area (Å²) < 4.78 is 20.4. The summed E-state index contributed by atoms with van der Waals surface area (Å²) in [5.74, 6) is -0.804. The number of para-hydroxylation sites is 1. The average molecular weight is 299 g/mol. The van der Waals surface area contributed by atoms with E-state index >= 15 is 0 Å². The Morgan fingerprint density at radius 3 is 2.95 bits per heavy atom. The number of hydrogen-bond donors (Lipinski definition) is 1. The monoisotopic (exact) mass is 299 g/mol. The molecule has 0 aliphatic rings. The van der Waals surface area contributed by atoms with Gasteiger partial charge in [-0.2, -0.15) is 0 Å². The van der Waals surface area contributed by atoms with E-state index in [9.17, 15) is 9.18 Å². The quantitative estimate of drug-likeness (QED) is 0.806. The minimum Gasteiger partial charge on any atom is -0.481 e. The van der Waals surface area contributed by atoms with Gasteiger partial charge in [0.05, 0.1) is 17.4 Å². The lowest BCUT2D eigenvalue weighted by molar-refractivity contribution is -0.118. The number of carbonyl (C=O) groups is 1. The molecule has 1 amide bonds. The third-order valence-electron chi connectivity index (χ3n) is 3.20. The molecule has 3 aromatic rings. The van der Waals surface area contributed by atoms with Crippen LogP contribution in [0.1, 0.15) is 0 Å². The maximum absolute atomic E-state index is 13.4. The van der Waals surface area contributed by atoms with Gasteiger partial charge in [0, 0.05) is 12.7 Å². The third kappa shape index (κ3) is 2.90. The first-order valence-electron chi connectivity index (χ1n) is 6.72. The number of aryl methyl sites for hydroxylation is 1. The highest BCUT2D eigenvalue weighted by molar-refractivity contribution is 5.94. The van der Waals surface area contributed by atoms with Crippen molar-refractivity contribution in [1.82, 2.24) is 9.55 Å². The number of benzene rings is 2. The number of nitrogens with one attached hydrogen (secondary N) is 1. The summed E-state index contributed by atoms with van der Waals surface area (Å²) in [6.07, 6.45) is 1.71. The Bertz CT molecular complexity index is 829. The topological polar surface area (TPSA) is 56.2 Å². The first-order valence-corrected chi connectivity index (χ1v) is 6.72. The van der Waals surface area contributed by atoms with Crippen LogP contribution in [-0.4, -0.2) is 22.1 Å². The second-order valence-electron chi connectivity index (χ2n) is 4.83. The molecule has 5 nitrogen and oxygen atoms in total. The first kappa shape index (κ1) is 14.1. The fourth-order valence-corrected chi connectivity index (χ4v) is 2.12. The highest BCUT2D eigenvalue weighted by atomic mass is 19.1. The second-order valence-corrected chi connectivity index (χ2v) is 4.83. The van der Waals surface area contributed by atoms with Crippen LogP contribution in [0.15, 0.2) is 48.8 Å². The highest BCUT2D eigenvalue weighted by Crippen LogP contribution is 2.18. The third-order valence-corrected chi connectivity index (χ3v) is 3.20. The number of aromatic nitrogens is 2. The molecule has 1 N–H and O–H groups in total. The van der Waals surface area contributed by atoms with Gasteiger partial charge in [-0.25, -0.2) is 9.37 Å². The van der Waals surface area contributed by atoms with E-state index in [-0.39, 0.29) is 18.3 Å². The Balaban J connectivity index is 1.64. The molecule has 1 aromatic heterocycles. The molecule has 2 aromatic carbocycles. The summed E-state index contributed by atoms with van der Waals surface area (Å²) in [5.41, 5.74) is 2.38. The minimum atomic E-state index is -0.495. The lowest BCUT2D eigenvalue weighted by Gasteiger charge is -2.08. The Kier molecular flexibility index (Phi) is 3.74. The van der Waals surface area contributed by atoms with Gasteiger partial charge in [-0.05, 0) is 30.3 Å². The van der Waals surface area contributed by atoms with Crippen molar-refractivity contribution in [3.63, 3.8) is 0 Å². The fourth-order valence-electron chi connectivity index (χ4n) is 2.12. The standard InChI is InChI=1S/C16H14FN3O2/c1-20-10-18-13-8-11(6-7-14(13)20)19-16(21)9-22-15-5-3-2-4-12(15)17/h2-8,10H,9H2,1H3,(H,19,21). The lowest BCUT2D eigenvalue weighted by atomic mass is 10.2. The van der Waals surface area contributed by atoms with Gasteiger partial charge in [0.2, 0.25) is 0 Å². The SMILES string of the molecule is Cn1cnc2cc(NC(=O)COc3ccccc3F)ccc21. The lowest BCUT2D eigenvalue weighted by Crippen LogP contribution is -2.20. The van der Waals surface area contributed by atoms with Crippen molar-refractivity contribution in [2.24, 2.45) is 7.05 Å². The second kappa shape index (κ2) is 5.85. The number of fused-ring (bicyclic) bond motifs is 1. The van der Waals surface area contributed by atoms with Crippen LogP contribution in [0.25, 0.3) is 11.0 Å². The molecular weight excluding hydrogens is 285 g/mol. The number of amides is 1. The van der Waals surface area contributed by atoms with E-state index in [0.717, 1.165) is 11.0 Å². The molecule has 0 fully saturated rings. The van der Waals surface area contributed by atoms with Crippen molar-refractivity contribution in [2.45, 2.75) is 0 Å². The normalized spacial score (nSPS) is 10.6. The zero-order valence-corrected chi connectivity index (χ0v) is 11.9. The fraction of sp³-hybridized carbons (Fsp3) is 0.125. The van der Waals surface area contributed by atoms with Crippen molar-refractivity contribution in [1.29, 1.82) is 0 Å². The summed E-state index contributed by atoms with van der Waals surface area (Å²) in [7, 11) is 1.90. The van der Waals surface area contributed by atoms with Gasteiger partial charge >= 0.3 is 0 Å². The van der Waals surface area contributed by atoms with Gasteiger partial charge in [-0.15, -0.1) is 0 Å². The minimum absolute atomic E-state index is 0.0535. The van der Waals surface area contributed by atoms with Crippen molar-refractivity contribution >= 4 is 22.6 Å². The van der Waals surface area contributed by atoms with Crippen LogP contribution in [0.4, 0.5) is 10.1 Å². The number of halogens is 1. The molecule has 0 saturated heterocycles. The molecule has 6 heteroatoms. The van der Waals surface area contributed by atoms with Gasteiger partial charge in [0.25, 0.3) is 5.91 Å². The van der Waals surface area contributed by atoms with Crippen molar-refractivity contribution in [3.8, 4) is 5.75 Å². The zero-order valence-electron chi connectivity index (χ0n) is 11.9. The smallest absolute Gasteiger partial charge is 0.262 e. The first-order chi connectivity index (χ1) is 10.6. The van der Waals surface area contributed by atoms with Crippen LogP contribution in [0.3, 0.4) is 0 Å². The zero-order chi connectivity index (χ0) is 15.5. The van der Waals surface area contributed by atoms with Crippen LogP contribution in [-0.2, 0) is 11.8 Å². The number of rotatable bonds is 4. The number of imidazole rings is 1. The van der Waals surface area contributed by atoms with E-state index in [0.29, 0.717) is 5.69 Å². The number of carbonyl (C=O) groups excluding carboxylic acids is 1. The average Bonchev–Trinajstić information content (AvgIpc) is 2.87. The van der Waals surface area contributed by atoms with E-state index in [1.165, 1.54) is 12.1 Å². The maximum atomic E-state index is 13.4. The van der Waals surface area contributed by atoms with Gasteiger partial charge in [-0.3, -0.25) is 4.79 Å². The Hall–Kier alpha value is -2.89. The molecule has 3 rings (SSSR count). The summed E-state index contributed by atoms with van der Waals surface area (Å²) >= 11 is 0. The maximum Gasteiger partial charge on any atom is 0.262 e. The van der Waals surface area contributed by atoms with E-state index in [2.05, 4.69) is 10.3 Å². The number of ether oxygens (including phenoxy) is 1. The predicted octanol–water partition coefficient (Wildman–Crippen LogP) is 2.73. The summed E-state index contributed by atoms with van der Waals surface area (Å²) in [6, 6.07) is 11.4. The summed E-state index contributed by atoms with van der Waals surface area (Å²) in [6.45, 7) is -0.263. The van der Waals surface area contributed by atoms with Gasteiger partial charge in [0.15, 0.2) is 18.2 Å². The molecule has 22 heavy (non-hydrogen) atoms. The van der Waals surface area contributed by atoms with Crippen LogP contribution in [0.5, 0.6) is 5.75 Å². The number of nitrogens with zero attached hydrogens (tertiary/aromatic N) is 2. The van der Waals surface area contributed by atoms with Crippen LogP contribution in [0.2, 0.25) is 0 Å². The van der Waals surface area contributed by atoms with Gasteiger partial charge in [-0.1, -0.05) is 12.1 Å². The molecule has 0 spiro atoms. The molecular formula is C16H14FN3O2. The Morgan fingerprint density at radius 1 is 1.32 bits per heavy atom. The Labute approximate surface area is 126 Å². The molecule has 0 atom stereocenters. The van der Waals surface area contributed by atoms with E-state index in [1.807, 2.05) is 17.7 Å². The number of anilines is 1. The molecule has 0 saturated carbocycles. The molecule has 0 unspecified atom stereocenters. The highest BCUT2D eigenvalue weighted by Gasteiger charge is 2.08. The van der Waals surface area contributed by atoms with Crippen LogP contribution in [0, 0.1) is 5.82 Å². The van der Waals surface area contributed by atoms with Crippen LogP contribution < -0.4 is 10.1 Å². The van der Waals surface area contributed by atoms with Crippen molar-refractivity contribution in [2.75, 3.05) is 11.9 Å². The van der Waals surface area contributed by atoms with E-state index < -0.39 is 5.82 Å². The molecule has 0 aliphatic carbocycles. The van der Waals surface area contributed by atoms with Crippen molar-refractivity contribution < 1.29 is 13.9 Å². The Morgan fingerprint density at radius 2 is 2.14 bits per heavy atom. The summed E-state index contributed by atoms with van der Waals surface area (Å²) in [5, 5.41) is 2.70. The van der Waals surface area contributed by atoms with E-state index in [4.69, 9.17) is 4.74 Å². The summed E-state index contributed by atoms with van der Waals surface area (Å²) in [4.78, 5) is 16.1. The van der Waals surface area contributed by atoms with Crippen molar-refractivity contribution in [3.05, 3.63) is 54.6 Å². The largest absolute Gasteiger partial charge is 0.481 e. The molecule has 112 valence electrons. The molecule has 0 bridgehead atoms. The number of hydrogen-bond acceptors (Lipinski definition) is 3. The van der Waals surface area contributed by atoms with Gasteiger partial charge < -0.3 is 14.6 Å². The molecule has 0 radical (unpaired) electrons. The van der Waals surface area contributed by atoms with Crippen LogP contribution >= 0.6 is 0 Å².